The summed E-state index contributed by atoms with van der Waals surface area (Å²) in [6.07, 6.45) is 0. The van der Waals surface area contributed by atoms with E-state index in [1.807, 2.05) is 48.5 Å². The molecule has 0 saturated heterocycles. The normalized spacial score (nSPS) is 16.2. The fraction of sp³-hybridized carbons (Fsp3) is 0.125. The second-order valence-electron chi connectivity index (χ2n) is 9.54. The fourth-order valence-corrected chi connectivity index (χ4v) is 6.02. The van der Waals surface area contributed by atoms with E-state index >= 15 is 0 Å². The van der Waals surface area contributed by atoms with Crippen LogP contribution in [-0.4, -0.2) is 18.9 Å². The lowest BCUT2D eigenvalue weighted by atomic mass is 9.80. The first-order valence-corrected chi connectivity index (χ1v) is 13.2. The lowest BCUT2D eigenvalue weighted by Gasteiger charge is -2.29. The zero-order valence-electron chi connectivity index (χ0n) is 21.2. The molecule has 0 saturated carbocycles. The van der Waals surface area contributed by atoms with Crippen molar-refractivity contribution < 1.29 is 19.1 Å². The van der Waals surface area contributed by atoms with Gasteiger partial charge in [-0.1, -0.05) is 83.9 Å². The van der Waals surface area contributed by atoms with Crippen molar-refractivity contribution in [3.05, 3.63) is 128 Å². The average Bonchev–Trinajstić information content (AvgIpc) is 3.22. The summed E-state index contributed by atoms with van der Waals surface area (Å²) in [6.45, 7) is 2.06. The number of ketones is 1. The summed E-state index contributed by atoms with van der Waals surface area (Å²) in [7, 11) is 1.32. The SMILES string of the molecule is COC(=O)C1=C(C)NC2=C(C(=O)c3ccccc32)[C@H]1c1cc(Cl)c(OCc2ccc3ccccc3c2)c(Cl)c1. The van der Waals surface area contributed by atoms with E-state index in [0.717, 1.165) is 21.9 Å². The number of Topliss-reactive ketones (excluding diaryl/α,β-unsaturated/α-hetero) is 1. The molecule has 0 spiro atoms. The van der Waals surface area contributed by atoms with Crippen LogP contribution in [-0.2, 0) is 16.1 Å². The molecule has 5 nitrogen and oxygen atoms in total. The molecule has 0 amide bonds. The highest BCUT2D eigenvalue weighted by molar-refractivity contribution is 6.37. The van der Waals surface area contributed by atoms with E-state index in [9.17, 15) is 9.59 Å². The summed E-state index contributed by atoms with van der Waals surface area (Å²) in [5.74, 6) is -1.09. The van der Waals surface area contributed by atoms with E-state index in [0.29, 0.717) is 39.4 Å². The van der Waals surface area contributed by atoms with Gasteiger partial charge in [0, 0.05) is 28.3 Å². The number of rotatable bonds is 5. The van der Waals surface area contributed by atoms with Gasteiger partial charge in [0.25, 0.3) is 0 Å². The van der Waals surface area contributed by atoms with Crippen LogP contribution in [0.3, 0.4) is 0 Å². The van der Waals surface area contributed by atoms with Gasteiger partial charge >= 0.3 is 5.97 Å². The van der Waals surface area contributed by atoms with Gasteiger partial charge in [-0.3, -0.25) is 4.79 Å². The molecule has 0 fully saturated rings. The van der Waals surface area contributed by atoms with E-state index < -0.39 is 11.9 Å². The molecule has 39 heavy (non-hydrogen) atoms. The predicted molar refractivity (Wildman–Crippen MR) is 153 cm³/mol. The molecule has 1 aliphatic heterocycles. The number of halogens is 2. The van der Waals surface area contributed by atoms with Crippen molar-refractivity contribution in [2.75, 3.05) is 7.11 Å². The van der Waals surface area contributed by atoms with Gasteiger partial charge in [0.2, 0.25) is 0 Å². The maximum Gasteiger partial charge on any atom is 0.336 e. The second-order valence-corrected chi connectivity index (χ2v) is 10.3. The van der Waals surface area contributed by atoms with Crippen LogP contribution in [0.5, 0.6) is 5.75 Å². The quantitative estimate of drug-likeness (QED) is 0.259. The Morgan fingerprint density at radius 2 is 1.56 bits per heavy atom. The van der Waals surface area contributed by atoms with Crippen LogP contribution in [0.25, 0.3) is 16.5 Å². The molecule has 0 aromatic heterocycles. The fourth-order valence-electron chi connectivity index (χ4n) is 5.41. The Labute approximate surface area is 235 Å². The molecule has 0 unspecified atom stereocenters. The maximum atomic E-state index is 13.6. The number of carbonyl (C=O) groups is 2. The number of methoxy groups -OCH3 is 1. The van der Waals surface area contributed by atoms with Gasteiger partial charge < -0.3 is 14.8 Å². The van der Waals surface area contributed by atoms with E-state index in [1.54, 1.807) is 25.1 Å². The molecule has 4 aromatic rings. The highest BCUT2D eigenvalue weighted by Crippen LogP contribution is 2.48. The van der Waals surface area contributed by atoms with Crippen LogP contribution in [0, 0.1) is 0 Å². The van der Waals surface area contributed by atoms with Crippen LogP contribution >= 0.6 is 23.2 Å². The van der Waals surface area contributed by atoms with Gasteiger partial charge in [-0.05, 0) is 47.0 Å². The van der Waals surface area contributed by atoms with E-state index in [4.69, 9.17) is 32.7 Å². The second kappa shape index (κ2) is 9.92. The average molecular weight is 556 g/mol. The summed E-state index contributed by atoms with van der Waals surface area (Å²) in [6, 6.07) is 25.0. The van der Waals surface area contributed by atoms with Crippen molar-refractivity contribution in [1.82, 2.24) is 5.32 Å². The maximum absolute atomic E-state index is 13.6. The molecule has 1 heterocycles. The number of ether oxygens (including phenoxy) is 2. The van der Waals surface area contributed by atoms with Crippen molar-refractivity contribution in [2.24, 2.45) is 0 Å². The summed E-state index contributed by atoms with van der Waals surface area (Å²) in [4.78, 5) is 26.6. The first-order chi connectivity index (χ1) is 18.9. The first-order valence-electron chi connectivity index (χ1n) is 12.4. The Kier molecular flexibility index (Phi) is 6.42. The minimum Gasteiger partial charge on any atom is -0.486 e. The minimum absolute atomic E-state index is 0.157. The number of nitrogens with one attached hydrogen (secondary N) is 1. The lowest BCUT2D eigenvalue weighted by Crippen LogP contribution is -2.29. The summed E-state index contributed by atoms with van der Waals surface area (Å²) >= 11 is 13.4. The number of hydrogen-bond acceptors (Lipinski definition) is 5. The van der Waals surface area contributed by atoms with Crippen molar-refractivity contribution in [3.8, 4) is 5.75 Å². The third kappa shape index (κ3) is 4.28. The number of benzene rings is 4. The van der Waals surface area contributed by atoms with Gasteiger partial charge in [0.05, 0.1) is 28.4 Å². The molecule has 0 bridgehead atoms. The summed E-state index contributed by atoms with van der Waals surface area (Å²) in [5, 5.41) is 6.09. The highest BCUT2D eigenvalue weighted by Gasteiger charge is 2.43. The number of dihydropyridines is 1. The van der Waals surface area contributed by atoms with Gasteiger partial charge in [0.1, 0.15) is 6.61 Å². The van der Waals surface area contributed by atoms with Crippen molar-refractivity contribution in [1.29, 1.82) is 0 Å². The molecule has 2 aliphatic rings. The van der Waals surface area contributed by atoms with Crippen LogP contribution in [0.2, 0.25) is 10.0 Å². The van der Waals surface area contributed by atoms with Gasteiger partial charge in [-0.2, -0.15) is 0 Å². The van der Waals surface area contributed by atoms with Gasteiger partial charge in [-0.25, -0.2) is 4.79 Å². The standard InChI is InChI=1S/C32H23Cl2NO4/c1-17-26(32(37)38-2)27(28-29(35-17)22-9-5-6-10-23(22)30(28)36)21-14-24(33)31(25(34)15-21)39-16-18-11-12-19-7-3-4-8-20(19)13-18/h3-15,27,35H,16H2,1-2H3/t27-/m0/s1. The monoisotopic (exact) mass is 555 g/mol. The molecular weight excluding hydrogens is 533 g/mol. The third-order valence-corrected chi connectivity index (χ3v) is 7.77. The molecular formula is C32H23Cl2NO4. The molecule has 7 heteroatoms. The number of carbonyl (C=O) groups excluding carboxylic acids is 2. The lowest BCUT2D eigenvalue weighted by molar-refractivity contribution is -0.136. The number of esters is 1. The van der Waals surface area contributed by atoms with E-state index in [-0.39, 0.29) is 22.4 Å². The summed E-state index contributed by atoms with van der Waals surface area (Å²) in [5.41, 5.74) is 4.99. The largest absolute Gasteiger partial charge is 0.486 e. The molecule has 1 N–H and O–H groups in total. The zero-order valence-corrected chi connectivity index (χ0v) is 22.7. The molecule has 1 aliphatic carbocycles. The van der Waals surface area contributed by atoms with E-state index in [2.05, 4.69) is 17.4 Å². The smallest absolute Gasteiger partial charge is 0.336 e. The van der Waals surface area contributed by atoms with Crippen molar-refractivity contribution in [3.63, 3.8) is 0 Å². The third-order valence-electron chi connectivity index (χ3n) is 7.21. The molecule has 0 radical (unpaired) electrons. The Bertz CT molecular complexity index is 1730. The van der Waals surface area contributed by atoms with Crippen LogP contribution in [0.15, 0.2) is 95.7 Å². The zero-order chi connectivity index (χ0) is 27.3. The Morgan fingerprint density at radius 3 is 2.28 bits per heavy atom. The Morgan fingerprint density at radius 1 is 0.897 bits per heavy atom. The van der Waals surface area contributed by atoms with Crippen LogP contribution in [0.1, 0.15) is 39.9 Å². The Balaban J connectivity index is 1.38. The topological polar surface area (TPSA) is 64.6 Å². The highest BCUT2D eigenvalue weighted by atomic mass is 35.5. The summed E-state index contributed by atoms with van der Waals surface area (Å²) < 4.78 is 11.2. The van der Waals surface area contributed by atoms with Crippen molar-refractivity contribution >= 4 is 51.4 Å². The van der Waals surface area contributed by atoms with Gasteiger partial charge in [-0.15, -0.1) is 0 Å². The minimum atomic E-state index is -0.724. The molecule has 6 rings (SSSR count). The predicted octanol–water partition coefficient (Wildman–Crippen LogP) is 7.47. The molecule has 4 aromatic carbocycles. The Hall–Kier alpha value is -4.06. The van der Waals surface area contributed by atoms with Crippen molar-refractivity contribution in [2.45, 2.75) is 19.4 Å². The van der Waals surface area contributed by atoms with Gasteiger partial charge in [0.15, 0.2) is 11.5 Å². The van der Waals surface area contributed by atoms with Crippen LogP contribution in [0.4, 0.5) is 0 Å². The molecule has 194 valence electrons. The number of allylic oxidation sites excluding steroid dienone is 2. The van der Waals surface area contributed by atoms with E-state index in [1.165, 1.54) is 7.11 Å². The first kappa shape index (κ1) is 25.2. The molecule has 1 atom stereocenters. The van der Waals surface area contributed by atoms with Crippen LogP contribution < -0.4 is 10.1 Å². The number of fused-ring (bicyclic) bond motifs is 3. The number of hydrogen-bond donors (Lipinski definition) is 1.